The average Bonchev–Trinajstić information content (AvgIpc) is 3.07. The fourth-order valence-corrected chi connectivity index (χ4v) is 4.18. The van der Waals surface area contributed by atoms with E-state index in [2.05, 4.69) is 0 Å². The minimum atomic E-state index is -0.892. The number of hydrogen-bond donors (Lipinski definition) is 1. The fourth-order valence-electron chi connectivity index (χ4n) is 2.11. The van der Waals surface area contributed by atoms with Gasteiger partial charge in [-0.1, -0.05) is 18.2 Å². The zero-order valence-corrected chi connectivity index (χ0v) is 12.8. The van der Waals surface area contributed by atoms with Crippen LogP contribution in [0.4, 0.5) is 0 Å². The lowest BCUT2D eigenvalue weighted by Gasteiger charge is -2.07. The summed E-state index contributed by atoms with van der Waals surface area (Å²) >= 11 is 3.10. The summed E-state index contributed by atoms with van der Waals surface area (Å²) in [7, 11) is 0. The van der Waals surface area contributed by atoms with Crippen molar-refractivity contribution in [1.29, 1.82) is 0 Å². The summed E-state index contributed by atoms with van der Waals surface area (Å²) < 4.78 is 1.13. The number of carboxylic acids is 1. The van der Waals surface area contributed by atoms with Gasteiger partial charge in [-0.25, -0.2) is 0 Å². The minimum absolute atomic E-state index is 0.0529. The van der Waals surface area contributed by atoms with Crippen LogP contribution in [0.3, 0.4) is 0 Å². The summed E-state index contributed by atoms with van der Waals surface area (Å²) in [6.07, 6.45) is 0. The zero-order chi connectivity index (χ0) is 15.0. The highest BCUT2D eigenvalue weighted by atomic mass is 32.2. The molecule has 1 unspecified atom stereocenters. The van der Waals surface area contributed by atoms with Gasteiger partial charge in [0.15, 0.2) is 0 Å². The first-order chi connectivity index (χ1) is 10.1. The van der Waals surface area contributed by atoms with Gasteiger partial charge in [-0.3, -0.25) is 9.59 Å². The average molecular weight is 316 g/mol. The molecule has 0 saturated heterocycles. The molecule has 3 aromatic rings. The fraction of sp³-hybridized carbons (Fsp3) is 0.125. The number of hydrogen-bond acceptors (Lipinski definition) is 4. The van der Waals surface area contributed by atoms with Crippen LogP contribution >= 0.6 is 22.7 Å². The molecular weight excluding hydrogens is 304 g/mol. The molecule has 21 heavy (non-hydrogen) atoms. The molecule has 0 bridgehead atoms. The van der Waals surface area contributed by atoms with Crippen LogP contribution in [0.2, 0.25) is 0 Å². The molecule has 2 heterocycles. The third kappa shape index (κ3) is 2.62. The molecule has 2 aromatic heterocycles. The number of thiophene rings is 2. The smallest absolute Gasteiger partial charge is 0.310 e. The molecule has 3 nitrogen and oxygen atoms in total. The number of ketones is 1. The van der Waals surface area contributed by atoms with Crippen LogP contribution in [0.25, 0.3) is 9.40 Å². The van der Waals surface area contributed by atoms with Gasteiger partial charge in [0.25, 0.3) is 0 Å². The summed E-state index contributed by atoms with van der Waals surface area (Å²) in [5.41, 5.74) is 1.18. The van der Waals surface area contributed by atoms with Crippen molar-refractivity contribution < 1.29 is 14.7 Å². The first-order valence-electron chi connectivity index (χ1n) is 6.41. The van der Waals surface area contributed by atoms with E-state index in [1.807, 2.05) is 17.5 Å². The van der Waals surface area contributed by atoms with E-state index < -0.39 is 11.9 Å². The first-order valence-corrected chi connectivity index (χ1v) is 8.10. The van der Waals surface area contributed by atoms with Gasteiger partial charge in [0.1, 0.15) is 0 Å². The second kappa shape index (κ2) is 5.42. The second-order valence-electron chi connectivity index (χ2n) is 4.79. The number of fused-ring (bicyclic) bond motifs is 1. The Hall–Kier alpha value is -1.98. The molecule has 1 N–H and O–H groups in total. The lowest BCUT2D eigenvalue weighted by molar-refractivity contribution is -0.138. The number of carbonyl (C=O) groups excluding carboxylic acids is 1. The standard InChI is InChI=1S/C16H12O3S2/c1-9(15(18)19)10-3-2-4-11(7-10)14(17)13-8-12-5-6-20-16(12)21-13/h2-9H,1H3,(H,18,19). The van der Waals surface area contributed by atoms with E-state index in [-0.39, 0.29) is 5.78 Å². The van der Waals surface area contributed by atoms with Crippen molar-refractivity contribution in [1.82, 2.24) is 0 Å². The van der Waals surface area contributed by atoms with Crippen molar-refractivity contribution in [2.75, 3.05) is 0 Å². The van der Waals surface area contributed by atoms with Crippen molar-refractivity contribution in [2.24, 2.45) is 0 Å². The van der Waals surface area contributed by atoms with Crippen LogP contribution in [-0.2, 0) is 4.79 Å². The van der Waals surface area contributed by atoms with Crippen molar-refractivity contribution in [3.63, 3.8) is 0 Å². The van der Waals surface area contributed by atoms with Gasteiger partial charge < -0.3 is 5.11 Å². The Labute approximate surface area is 129 Å². The largest absolute Gasteiger partial charge is 0.481 e. The van der Waals surface area contributed by atoms with Crippen LogP contribution in [0, 0.1) is 0 Å². The molecule has 0 aliphatic rings. The van der Waals surface area contributed by atoms with Gasteiger partial charge in [0.05, 0.1) is 14.8 Å². The van der Waals surface area contributed by atoms with E-state index >= 15 is 0 Å². The maximum Gasteiger partial charge on any atom is 0.310 e. The highest BCUT2D eigenvalue weighted by Gasteiger charge is 2.17. The Morgan fingerprint density at radius 2 is 2.00 bits per heavy atom. The SMILES string of the molecule is CC(C(=O)O)c1cccc(C(=O)c2cc3ccsc3s2)c1. The van der Waals surface area contributed by atoms with E-state index in [9.17, 15) is 9.59 Å². The number of rotatable bonds is 4. The first kappa shape index (κ1) is 14.0. The third-order valence-electron chi connectivity index (χ3n) is 3.39. The molecule has 1 aromatic carbocycles. The maximum absolute atomic E-state index is 12.5. The molecule has 106 valence electrons. The van der Waals surface area contributed by atoms with Gasteiger partial charge in [0.2, 0.25) is 5.78 Å². The van der Waals surface area contributed by atoms with Crippen molar-refractivity contribution in [2.45, 2.75) is 12.8 Å². The third-order valence-corrected chi connectivity index (χ3v) is 5.60. The predicted octanol–water partition coefficient (Wildman–Crippen LogP) is 4.38. The molecule has 3 rings (SSSR count). The van der Waals surface area contributed by atoms with Crippen LogP contribution in [0.15, 0.2) is 41.8 Å². The minimum Gasteiger partial charge on any atom is -0.481 e. The quantitative estimate of drug-likeness (QED) is 0.727. The van der Waals surface area contributed by atoms with Crippen LogP contribution in [-0.4, -0.2) is 16.9 Å². The predicted molar refractivity (Wildman–Crippen MR) is 85.6 cm³/mol. The molecule has 0 fully saturated rings. The van der Waals surface area contributed by atoms with Gasteiger partial charge in [-0.15, -0.1) is 22.7 Å². The van der Waals surface area contributed by atoms with Crippen LogP contribution in [0.5, 0.6) is 0 Å². The maximum atomic E-state index is 12.5. The van der Waals surface area contributed by atoms with Gasteiger partial charge in [0, 0.05) is 10.9 Å². The molecule has 5 heteroatoms. The van der Waals surface area contributed by atoms with E-state index in [0.29, 0.717) is 16.0 Å². The molecule has 0 radical (unpaired) electrons. The Morgan fingerprint density at radius 1 is 1.19 bits per heavy atom. The molecule has 0 aliphatic heterocycles. The second-order valence-corrected chi connectivity index (χ2v) is 7.02. The topological polar surface area (TPSA) is 54.4 Å². The van der Waals surface area contributed by atoms with Crippen molar-refractivity contribution in [3.05, 3.63) is 57.8 Å². The summed E-state index contributed by atoms with van der Waals surface area (Å²) in [4.78, 5) is 24.3. The van der Waals surface area contributed by atoms with E-state index in [1.165, 1.54) is 11.3 Å². The molecule has 0 spiro atoms. The highest BCUT2D eigenvalue weighted by molar-refractivity contribution is 7.38. The summed E-state index contributed by atoms with van der Waals surface area (Å²) in [6.45, 7) is 1.62. The lowest BCUT2D eigenvalue weighted by atomic mass is 9.97. The molecule has 1 atom stereocenters. The Balaban J connectivity index is 1.96. The Kier molecular flexibility index (Phi) is 3.61. The molecule has 0 aliphatic carbocycles. The zero-order valence-electron chi connectivity index (χ0n) is 11.2. The molecule has 0 saturated carbocycles. The number of benzene rings is 1. The van der Waals surface area contributed by atoms with Gasteiger partial charge >= 0.3 is 5.97 Å². The van der Waals surface area contributed by atoms with Gasteiger partial charge in [-0.2, -0.15) is 0 Å². The van der Waals surface area contributed by atoms with E-state index in [0.717, 1.165) is 9.40 Å². The summed E-state index contributed by atoms with van der Waals surface area (Å²) in [5, 5.41) is 12.2. The number of carboxylic acid groups (broad SMARTS) is 1. The van der Waals surface area contributed by atoms with Crippen LogP contribution in [0.1, 0.15) is 33.6 Å². The normalized spacial score (nSPS) is 12.4. The highest BCUT2D eigenvalue weighted by Crippen LogP contribution is 2.32. The van der Waals surface area contributed by atoms with Crippen molar-refractivity contribution >= 4 is 43.8 Å². The lowest BCUT2D eigenvalue weighted by Crippen LogP contribution is -2.08. The number of carbonyl (C=O) groups is 2. The Bertz CT molecular complexity index is 800. The monoisotopic (exact) mass is 316 g/mol. The Morgan fingerprint density at radius 3 is 2.71 bits per heavy atom. The van der Waals surface area contributed by atoms with E-state index in [4.69, 9.17) is 5.11 Å². The number of aliphatic carboxylic acids is 1. The molecular formula is C16H12O3S2. The van der Waals surface area contributed by atoms with E-state index in [1.54, 1.807) is 42.5 Å². The van der Waals surface area contributed by atoms with Crippen LogP contribution < -0.4 is 0 Å². The summed E-state index contributed by atoms with van der Waals surface area (Å²) in [6, 6.07) is 10.8. The van der Waals surface area contributed by atoms with Crippen molar-refractivity contribution in [3.8, 4) is 0 Å². The summed E-state index contributed by atoms with van der Waals surface area (Å²) in [5.74, 6) is -1.57. The van der Waals surface area contributed by atoms with Gasteiger partial charge in [-0.05, 0) is 36.1 Å². The molecule has 0 amide bonds.